The van der Waals surface area contributed by atoms with E-state index in [9.17, 15) is 9.90 Å². The molecule has 88 valence electrons. The maximum atomic E-state index is 11.8. The van der Waals surface area contributed by atoms with Crippen LogP contribution in [0.3, 0.4) is 0 Å². The van der Waals surface area contributed by atoms with Gasteiger partial charge in [0.2, 0.25) is 0 Å². The number of nitrogens with one attached hydrogen (secondary N) is 1. The summed E-state index contributed by atoms with van der Waals surface area (Å²) < 4.78 is 3.66. The molecule has 1 aromatic heterocycles. The molecule has 1 amide bonds. The van der Waals surface area contributed by atoms with E-state index < -0.39 is 0 Å². The van der Waals surface area contributed by atoms with Crippen LogP contribution in [0.5, 0.6) is 0 Å². The number of nitrogens with zero attached hydrogens (tertiary/aromatic N) is 2. The summed E-state index contributed by atoms with van der Waals surface area (Å²) in [7, 11) is 0. The normalized spacial score (nSPS) is 25.3. The molecule has 0 spiro atoms. The second kappa shape index (κ2) is 5.36. The molecule has 16 heavy (non-hydrogen) atoms. The fourth-order valence-corrected chi connectivity index (χ4v) is 2.54. The van der Waals surface area contributed by atoms with Gasteiger partial charge in [-0.05, 0) is 24.4 Å². The topological polar surface area (TPSA) is 75.1 Å². The van der Waals surface area contributed by atoms with Crippen molar-refractivity contribution in [2.24, 2.45) is 5.92 Å². The second-order valence-electron chi connectivity index (χ2n) is 4.09. The Hall–Kier alpha value is -1.01. The van der Waals surface area contributed by atoms with Crippen molar-refractivity contribution in [2.75, 3.05) is 6.61 Å². The van der Waals surface area contributed by atoms with Gasteiger partial charge in [0.15, 0.2) is 0 Å². The summed E-state index contributed by atoms with van der Waals surface area (Å²) in [4.78, 5) is 12.3. The molecule has 1 aliphatic rings. The van der Waals surface area contributed by atoms with Gasteiger partial charge in [-0.15, -0.1) is 5.10 Å². The van der Waals surface area contributed by atoms with Crippen molar-refractivity contribution >= 4 is 17.4 Å². The fraction of sp³-hybridized carbons (Fsp3) is 0.700. The van der Waals surface area contributed by atoms with Crippen LogP contribution in [0.1, 0.15) is 35.4 Å². The first-order valence-corrected chi connectivity index (χ1v) is 6.27. The highest BCUT2D eigenvalue weighted by Gasteiger charge is 2.26. The lowest BCUT2D eigenvalue weighted by atomic mass is 9.85. The Balaban J connectivity index is 1.95. The maximum absolute atomic E-state index is 11.8. The van der Waals surface area contributed by atoms with Crippen LogP contribution in [0.2, 0.25) is 0 Å². The Morgan fingerprint density at radius 1 is 1.56 bits per heavy atom. The van der Waals surface area contributed by atoms with E-state index in [1.54, 1.807) is 0 Å². The Morgan fingerprint density at radius 3 is 3.06 bits per heavy atom. The van der Waals surface area contributed by atoms with Gasteiger partial charge < -0.3 is 10.4 Å². The predicted molar refractivity (Wildman–Crippen MR) is 60.2 cm³/mol. The second-order valence-corrected chi connectivity index (χ2v) is 4.87. The molecule has 0 aliphatic heterocycles. The van der Waals surface area contributed by atoms with Crippen molar-refractivity contribution in [3.63, 3.8) is 0 Å². The number of carbonyl (C=O) groups is 1. The van der Waals surface area contributed by atoms with Crippen molar-refractivity contribution in [3.8, 4) is 0 Å². The summed E-state index contributed by atoms with van der Waals surface area (Å²) in [5, 5.41) is 15.8. The number of hydrogen-bond acceptors (Lipinski definition) is 5. The monoisotopic (exact) mass is 241 g/mol. The van der Waals surface area contributed by atoms with E-state index in [4.69, 9.17) is 0 Å². The quantitative estimate of drug-likeness (QED) is 0.821. The minimum Gasteiger partial charge on any atom is -0.396 e. The zero-order chi connectivity index (χ0) is 11.4. The van der Waals surface area contributed by atoms with Crippen LogP contribution in [-0.2, 0) is 0 Å². The Kier molecular flexibility index (Phi) is 3.84. The maximum Gasteiger partial charge on any atom is 0.264 e. The SMILES string of the molecule is O=C(NC1CCCCC1CO)c1cnns1. The van der Waals surface area contributed by atoms with Crippen LogP contribution < -0.4 is 5.32 Å². The van der Waals surface area contributed by atoms with Gasteiger partial charge in [0, 0.05) is 18.6 Å². The van der Waals surface area contributed by atoms with Crippen molar-refractivity contribution < 1.29 is 9.90 Å². The number of carbonyl (C=O) groups excluding carboxylic acids is 1. The molecule has 0 radical (unpaired) electrons. The molecule has 1 aromatic rings. The third kappa shape index (κ3) is 2.56. The molecular weight excluding hydrogens is 226 g/mol. The fourth-order valence-electron chi connectivity index (χ4n) is 2.12. The molecule has 1 fully saturated rings. The number of hydrogen-bond donors (Lipinski definition) is 2. The van der Waals surface area contributed by atoms with Crippen LogP contribution in [0.25, 0.3) is 0 Å². The highest BCUT2D eigenvalue weighted by atomic mass is 32.1. The number of aromatic nitrogens is 2. The summed E-state index contributed by atoms with van der Waals surface area (Å²) in [6.07, 6.45) is 5.66. The van der Waals surface area contributed by atoms with Gasteiger partial charge in [-0.2, -0.15) is 0 Å². The van der Waals surface area contributed by atoms with Crippen molar-refractivity contribution in [3.05, 3.63) is 11.1 Å². The summed E-state index contributed by atoms with van der Waals surface area (Å²) in [6, 6.07) is 0.0911. The average molecular weight is 241 g/mol. The Morgan fingerprint density at radius 2 is 2.38 bits per heavy atom. The Bertz CT molecular complexity index is 342. The van der Waals surface area contributed by atoms with Gasteiger partial charge in [0.1, 0.15) is 4.88 Å². The highest BCUT2D eigenvalue weighted by molar-refractivity contribution is 7.07. The average Bonchev–Trinajstić information content (AvgIpc) is 2.83. The predicted octanol–water partition coefficient (Wildman–Crippen LogP) is 0.819. The van der Waals surface area contributed by atoms with E-state index in [0.29, 0.717) is 4.88 Å². The number of rotatable bonds is 3. The minimum absolute atomic E-state index is 0.0911. The van der Waals surface area contributed by atoms with E-state index in [1.165, 1.54) is 6.20 Å². The van der Waals surface area contributed by atoms with Crippen LogP contribution in [0.4, 0.5) is 0 Å². The van der Waals surface area contributed by atoms with Crippen molar-refractivity contribution in [2.45, 2.75) is 31.7 Å². The first-order chi connectivity index (χ1) is 7.81. The van der Waals surface area contributed by atoms with Gasteiger partial charge in [0.05, 0.1) is 6.20 Å². The standard InChI is InChI=1S/C10H15N3O2S/c14-6-7-3-1-2-4-8(7)12-10(15)9-5-11-13-16-9/h5,7-8,14H,1-4,6H2,(H,12,15). The van der Waals surface area contributed by atoms with E-state index in [0.717, 1.165) is 37.2 Å². The number of aliphatic hydroxyl groups excluding tert-OH is 1. The first-order valence-electron chi connectivity index (χ1n) is 5.50. The van der Waals surface area contributed by atoms with E-state index in [2.05, 4.69) is 14.9 Å². The lowest BCUT2D eigenvalue weighted by Gasteiger charge is -2.30. The zero-order valence-corrected chi connectivity index (χ0v) is 9.74. The summed E-state index contributed by atoms with van der Waals surface area (Å²) in [5.74, 6) is 0.0685. The van der Waals surface area contributed by atoms with Gasteiger partial charge in [0.25, 0.3) is 5.91 Å². The molecule has 5 nitrogen and oxygen atoms in total. The molecule has 1 heterocycles. The van der Waals surface area contributed by atoms with E-state index in [-0.39, 0.29) is 24.5 Å². The minimum atomic E-state index is -0.125. The van der Waals surface area contributed by atoms with Crippen LogP contribution in [0.15, 0.2) is 6.20 Å². The summed E-state index contributed by atoms with van der Waals surface area (Å²) in [5.41, 5.74) is 0. The van der Waals surface area contributed by atoms with Crippen molar-refractivity contribution in [1.82, 2.24) is 14.9 Å². The summed E-state index contributed by atoms with van der Waals surface area (Å²) in [6.45, 7) is 0.145. The lowest BCUT2D eigenvalue weighted by Crippen LogP contribution is -2.43. The van der Waals surface area contributed by atoms with Crippen LogP contribution in [-0.4, -0.2) is 33.2 Å². The van der Waals surface area contributed by atoms with Gasteiger partial charge in [-0.25, -0.2) is 0 Å². The molecule has 2 unspecified atom stereocenters. The molecular formula is C10H15N3O2S. The molecule has 6 heteroatoms. The van der Waals surface area contributed by atoms with Gasteiger partial charge in [-0.3, -0.25) is 4.79 Å². The van der Waals surface area contributed by atoms with E-state index >= 15 is 0 Å². The molecule has 1 aliphatic carbocycles. The molecule has 0 aromatic carbocycles. The van der Waals surface area contributed by atoms with E-state index in [1.807, 2.05) is 0 Å². The highest BCUT2D eigenvalue weighted by Crippen LogP contribution is 2.24. The molecule has 2 N–H and O–H groups in total. The number of amides is 1. The largest absolute Gasteiger partial charge is 0.396 e. The summed E-state index contributed by atoms with van der Waals surface area (Å²) >= 11 is 1.09. The smallest absolute Gasteiger partial charge is 0.264 e. The zero-order valence-electron chi connectivity index (χ0n) is 8.93. The molecule has 0 saturated heterocycles. The Labute approximate surface area is 98.0 Å². The van der Waals surface area contributed by atoms with Gasteiger partial charge in [-0.1, -0.05) is 17.3 Å². The molecule has 2 rings (SSSR count). The van der Waals surface area contributed by atoms with Crippen molar-refractivity contribution in [1.29, 1.82) is 0 Å². The molecule has 0 bridgehead atoms. The third-order valence-electron chi connectivity index (χ3n) is 3.05. The number of aliphatic hydroxyl groups is 1. The molecule has 2 atom stereocenters. The first kappa shape index (κ1) is 11.5. The lowest BCUT2D eigenvalue weighted by molar-refractivity contribution is 0.0876. The molecule has 1 saturated carbocycles. The third-order valence-corrected chi connectivity index (χ3v) is 3.71. The van der Waals surface area contributed by atoms with Crippen LogP contribution >= 0.6 is 11.5 Å². The van der Waals surface area contributed by atoms with Crippen LogP contribution in [0, 0.1) is 5.92 Å². The van der Waals surface area contributed by atoms with Gasteiger partial charge >= 0.3 is 0 Å².